The molecule has 0 aliphatic heterocycles. The zero-order chi connectivity index (χ0) is 19.4. The lowest BCUT2D eigenvalue weighted by molar-refractivity contribution is -0.112. The number of anilines is 1. The second kappa shape index (κ2) is 8.12. The maximum absolute atomic E-state index is 13.1. The molecule has 4 nitrogen and oxygen atoms in total. The number of halogens is 2. The van der Waals surface area contributed by atoms with Crippen LogP contribution in [0.1, 0.15) is 10.4 Å². The largest absolute Gasteiger partial charge is 0.297 e. The Balaban J connectivity index is 1.81. The molecule has 3 rings (SSSR count). The fraction of sp³-hybridized carbons (Fsp3) is 0.0500. The van der Waals surface area contributed by atoms with E-state index >= 15 is 0 Å². The Labute approximate surface area is 164 Å². The number of carbonyl (C=O) groups excluding carboxylic acids is 1. The molecule has 7 heteroatoms. The molecule has 0 unspecified atom stereocenters. The van der Waals surface area contributed by atoms with Crippen LogP contribution in [0.5, 0.6) is 0 Å². The molecule has 27 heavy (non-hydrogen) atoms. The van der Waals surface area contributed by atoms with Gasteiger partial charge in [0, 0.05) is 15.5 Å². The molecule has 0 fully saturated rings. The highest BCUT2D eigenvalue weighted by atomic mass is 35.5. The van der Waals surface area contributed by atoms with Gasteiger partial charge in [-0.05, 0) is 55.0 Å². The van der Waals surface area contributed by atoms with E-state index in [0.717, 1.165) is 10.4 Å². The lowest BCUT2D eigenvalue weighted by atomic mass is 10.1. The zero-order valence-electron chi connectivity index (χ0n) is 14.2. The predicted molar refractivity (Wildman–Crippen MR) is 106 cm³/mol. The average molecular weight is 398 g/mol. The van der Waals surface area contributed by atoms with Crippen molar-refractivity contribution in [3.63, 3.8) is 0 Å². The highest BCUT2D eigenvalue weighted by molar-refractivity contribution is 7.16. The first-order valence-corrected chi connectivity index (χ1v) is 9.08. The maximum atomic E-state index is 13.1. The van der Waals surface area contributed by atoms with Crippen LogP contribution in [-0.2, 0) is 4.79 Å². The number of thiazole rings is 1. The van der Waals surface area contributed by atoms with Gasteiger partial charge in [0.15, 0.2) is 5.13 Å². The number of rotatable bonds is 4. The Morgan fingerprint density at radius 2 is 1.89 bits per heavy atom. The van der Waals surface area contributed by atoms with Gasteiger partial charge in [-0.25, -0.2) is 9.37 Å². The van der Waals surface area contributed by atoms with E-state index in [1.54, 1.807) is 36.4 Å². The first-order chi connectivity index (χ1) is 13.0. The third kappa shape index (κ3) is 4.59. The van der Waals surface area contributed by atoms with Crippen molar-refractivity contribution in [1.82, 2.24) is 4.98 Å². The summed E-state index contributed by atoms with van der Waals surface area (Å²) in [6, 6.07) is 14.7. The van der Waals surface area contributed by atoms with Crippen LogP contribution in [0.2, 0.25) is 5.02 Å². The number of hydrogen-bond donors (Lipinski definition) is 1. The minimum Gasteiger partial charge on any atom is -0.297 e. The van der Waals surface area contributed by atoms with Gasteiger partial charge in [-0.3, -0.25) is 10.1 Å². The number of nitrogens with zero attached hydrogens (tertiary/aromatic N) is 2. The molecule has 134 valence electrons. The van der Waals surface area contributed by atoms with Crippen LogP contribution in [-0.4, -0.2) is 10.9 Å². The quantitative estimate of drug-likeness (QED) is 0.469. The van der Waals surface area contributed by atoms with Crippen LogP contribution < -0.4 is 5.32 Å². The van der Waals surface area contributed by atoms with E-state index in [2.05, 4.69) is 10.3 Å². The third-order valence-corrected chi connectivity index (χ3v) is 4.82. The van der Waals surface area contributed by atoms with Crippen LogP contribution in [0.25, 0.3) is 17.3 Å². The first kappa shape index (κ1) is 18.8. The number of carbonyl (C=O) groups is 1. The molecule has 1 N–H and O–H groups in total. The first-order valence-electron chi connectivity index (χ1n) is 7.88. The summed E-state index contributed by atoms with van der Waals surface area (Å²) in [5, 5.41) is 12.9. The molecule has 0 bridgehead atoms. The average Bonchev–Trinajstić information content (AvgIpc) is 3.02. The van der Waals surface area contributed by atoms with Crippen molar-refractivity contribution in [2.75, 3.05) is 5.32 Å². The minimum atomic E-state index is -0.549. The SMILES string of the molecule is Cc1sc(NC(=O)/C(C#N)=C/c2ccc(Cl)cc2)nc1-c1ccc(F)cc1. The fourth-order valence-corrected chi connectivity index (χ4v) is 3.32. The zero-order valence-corrected chi connectivity index (χ0v) is 15.7. The Bertz CT molecular complexity index is 1050. The van der Waals surface area contributed by atoms with Gasteiger partial charge in [0.05, 0.1) is 5.69 Å². The normalized spacial score (nSPS) is 11.1. The van der Waals surface area contributed by atoms with Crippen molar-refractivity contribution in [2.24, 2.45) is 0 Å². The topological polar surface area (TPSA) is 65.8 Å². The third-order valence-electron chi connectivity index (χ3n) is 3.68. The number of aromatic nitrogens is 1. The van der Waals surface area contributed by atoms with E-state index in [-0.39, 0.29) is 11.4 Å². The summed E-state index contributed by atoms with van der Waals surface area (Å²) in [6.45, 7) is 1.86. The summed E-state index contributed by atoms with van der Waals surface area (Å²) >= 11 is 7.12. The molecule has 3 aromatic rings. The minimum absolute atomic E-state index is 0.0477. The molecule has 1 heterocycles. The molecule has 0 radical (unpaired) electrons. The van der Waals surface area contributed by atoms with Crippen molar-refractivity contribution in [3.05, 3.63) is 75.4 Å². The van der Waals surface area contributed by atoms with Crippen LogP contribution in [0, 0.1) is 24.1 Å². The second-order valence-corrected chi connectivity index (χ2v) is 7.25. The van der Waals surface area contributed by atoms with E-state index in [1.807, 2.05) is 13.0 Å². The van der Waals surface area contributed by atoms with Crippen molar-refractivity contribution in [1.29, 1.82) is 5.26 Å². The number of nitriles is 1. The van der Waals surface area contributed by atoms with Gasteiger partial charge in [-0.15, -0.1) is 11.3 Å². The number of nitrogens with one attached hydrogen (secondary N) is 1. The molecule has 1 aromatic heterocycles. The molecule has 0 saturated heterocycles. The maximum Gasteiger partial charge on any atom is 0.268 e. The van der Waals surface area contributed by atoms with Crippen LogP contribution in [0.3, 0.4) is 0 Å². The van der Waals surface area contributed by atoms with Gasteiger partial charge in [-0.2, -0.15) is 5.26 Å². The van der Waals surface area contributed by atoms with E-state index in [0.29, 0.717) is 21.4 Å². The molecule has 0 aliphatic rings. The van der Waals surface area contributed by atoms with Crippen molar-refractivity contribution in [3.8, 4) is 17.3 Å². The Morgan fingerprint density at radius 1 is 1.22 bits per heavy atom. The molecule has 1 amide bonds. The molecular formula is C20H13ClFN3OS. The lowest BCUT2D eigenvalue weighted by Crippen LogP contribution is -2.13. The van der Waals surface area contributed by atoms with Gasteiger partial charge in [-0.1, -0.05) is 23.7 Å². The highest BCUT2D eigenvalue weighted by Gasteiger charge is 2.15. The Hall–Kier alpha value is -3.01. The predicted octanol–water partition coefficient (Wildman–Crippen LogP) is 5.46. The molecule has 2 aromatic carbocycles. The number of hydrogen-bond acceptors (Lipinski definition) is 4. The van der Waals surface area contributed by atoms with Crippen molar-refractivity contribution in [2.45, 2.75) is 6.92 Å². The van der Waals surface area contributed by atoms with Crippen LogP contribution >= 0.6 is 22.9 Å². The second-order valence-electron chi connectivity index (χ2n) is 5.61. The molecular weight excluding hydrogens is 385 g/mol. The summed E-state index contributed by atoms with van der Waals surface area (Å²) in [4.78, 5) is 17.7. The van der Waals surface area contributed by atoms with Gasteiger partial charge in [0.2, 0.25) is 0 Å². The molecule has 0 spiro atoms. The van der Waals surface area contributed by atoms with Gasteiger partial charge >= 0.3 is 0 Å². The number of amides is 1. The van der Waals surface area contributed by atoms with Gasteiger partial charge in [0.25, 0.3) is 5.91 Å². The summed E-state index contributed by atoms with van der Waals surface area (Å²) in [7, 11) is 0. The van der Waals surface area contributed by atoms with E-state index < -0.39 is 5.91 Å². The molecule has 0 saturated carbocycles. The monoisotopic (exact) mass is 397 g/mol. The van der Waals surface area contributed by atoms with Crippen molar-refractivity contribution < 1.29 is 9.18 Å². The van der Waals surface area contributed by atoms with E-state index in [9.17, 15) is 14.4 Å². The van der Waals surface area contributed by atoms with Crippen molar-refractivity contribution >= 4 is 40.1 Å². The summed E-state index contributed by atoms with van der Waals surface area (Å²) in [5.41, 5.74) is 2.06. The van der Waals surface area contributed by atoms with Crippen LogP contribution in [0.4, 0.5) is 9.52 Å². The standard InChI is InChI=1S/C20H13ClFN3OS/c1-12-18(14-4-8-17(22)9-5-14)24-20(27-12)25-19(26)15(11-23)10-13-2-6-16(21)7-3-13/h2-10H,1H3,(H,24,25,26)/b15-10+. The highest BCUT2D eigenvalue weighted by Crippen LogP contribution is 2.30. The fourth-order valence-electron chi connectivity index (χ4n) is 2.36. The van der Waals surface area contributed by atoms with Gasteiger partial charge in [0.1, 0.15) is 17.5 Å². The van der Waals surface area contributed by atoms with Gasteiger partial charge < -0.3 is 0 Å². The van der Waals surface area contributed by atoms with Crippen LogP contribution in [0.15, 0.2) is 54.1 Å². The number of aryl methyl sites for hydroxylation is 1. The Kier molecular flexibility index (Phi) is 5.65. The summed E-state index contributed by atoms with van der Waals surface area (Å²) in [6.07, 6.45) is 1.48. The molecule has 0 atom stereocenters. The van der Waals surface area contributed by atoms with E-state index in [1.165, 1.54) is 29.5 Å². The number of benzene rings is 2. The molecule has 0 aliphatic carbocycles. The smallest absolute Gasteiger partial charge is 0.268 e. The summed E-state index contributed by atoms with van der Waals surface area (Å²) < 4.78 is 13.1. The lowest BCUT2D eigenvalue weighted by Gasteiger charge is -2.01. The Morgan fingerprint density at radius 3 is 2.52 bits per heavy atom. The van der Waals surface area contributed by atoms with E-state index in [4.69, 9.17) is 11.6 Å². The summed E-state index contributed by atoms with van der Waals surface area (Å²) in [5.74, 6) is -0.877.